The molecule has 1 atom stereocenters. The van der Waals surface area contributed by atoms with E-state index in [2.05, 4.69) is 4.74 Å². The topological polar surface area (TPSA) is 61.6 Å². The fourth-order valence-electron chi connectivity index (χ4n) is 0.550. The molecule has 0 aromatic carbocycles. The van der Waals surface area contributed by atoms with Crippen molar-refractivity contribution < 1.29 is 14.3 Å². The predicted molar refractivity (Wildman–Crippen MR) is 33.8 cm³/mol. The lowest BCUT2D eigenvalue weighted by molar-refractivity contribution is -0.0245. The normalized spacial score (nSPS) is 21.8. The summed E-state index contributed by atoms with van der Waals surface area (Å²) < 4.78 is 9.27. The van der Waals surface area contributed by atoms with Gasteiger partial charge in [0.2, 0.25) is 0 Å². The van der Waals surface area contributed by atoms with E-state index in [0.29, 0.717) is 0 Å². The second-order valence-electron chi connectivity index (χ2n) is 1.65. The summed E-state index contributed by atoms with van der Waals surface area (Å²) in [5.41, 5.74) is 4.72. The molecule has 1 heterocycles. The largest absolute Gasteiger partial charge is 0.459 e. The smallest absolute Gasteiger partial charge is 0.407 e. The molecule has 0 aromatic heterocycles. The Bertz CT molecular complexity index is 185. The molecule has 0 radical (unpaired) electrons. The van der Waals surface area contributed by atoms with Crippen LogP contribution < -0.4 is 5.73 Å². The van der Waals surface area contributed by atoms with Gasteiger partial charge in [0.05, 0.1) is 6.26 Å². The summed E-state index contributed by atoms with van der Waals surface area (Å²) in [6.07, 6.45) is 4.88. The summed E-state index contributed by atoms with van der Waals surface area (Å²) in [6.45, 7) is 0. The van der Waals surface area contributed by atoms with E-state index in [1.807, 2.05) is 0 Å². The Morgan fingerprint density at radius 3 is 2.90 bits per heavy atom. The summed E-state index contributed by atoms with van der Waals surface area (Å²) in [7, 11) is 0. The number of carbonyl (C=O) groups excluding carboxylic acids is 1. The highest BCUT2D eigenvalue weighted by atomic mass is 16.7. The van der Waals surface area contributed by atoms with Gasteiger partial charge in [-0.15, -0.1) is 0 Å². The van der Waals surface area contributed by atoms with E-state index in [4.69, 9.17) is 10.5 Å². The zero-order valence-electron chi connectivity index (χ0n) is 5.19. The van der Waals surface area contributed by atoms with E-state index in [1.165, 1.54) is 6.26 Å². The Morgan fingerprint density at radius 2 is 2.40 bits per heavy atom. The number of hydrogen-bond donors (Lipinski definition) is 1. The van der Waals surface area contributed by atoms with Gasteiger partial charge in [0.25, 0.3) is 6.29 Å². The molecule has 4 nitrogen and oxygen atoms in total. The molecule has 0 bridgehead atoms. The standard InChI is InChI=1S/C6H7NO3/c7-6(8)10-5-3-1-2-4-9-5/h1-5H,(H2,7,8). The maximum Gasteiger partial charge on any atom is 0.407 e. The number of allylic oxidation sites excluding steroid dienone is 2. The molecule has 2 N–H and O–H groups in total. The number of ether oxygens (including phenoxy) is 2. The zero-order valence-corrected chi connectivity index (χ0v) is 5.19. The summed E-state index contributed by atoms with van der Waals surface area (Å²) in [4.78, 5) is 10.1. The lowest BCUT2D eigenvalue weighted by Crippen LogP contribution is -2.22. The minimum absolute atomic E-state index is 0.664. The third kappa shape index (κ3) is 1.81. The molecule has 0 saturated carbocycles. The van der Waals surface area contributed by atoms with Crippen LogP contribution in [0.1, 0.15) is 0 Å². The fraction of sp³-hybridized carbons (Fsp3) is 0.167. The number of hydrogen-bond acceptors (Lipinski definition) is 3. The fourth-order valence-corrected chi connectivity index (χ4v) is 0.550. The SMILES string of the molecule is NC(=O)OC1C=CC=CO1. The van der Waals surface area contributed by atoms with Gasteiger partial charge in [0.15, 0.2) is 0 Å². The molecule has 1 aliphatic rings. The van der Waals surface area contributed by atoms with Crippen LogP contribution in [0.3, 0.4) is 0 Å². The number of primary amides is 1. The van der Waals surface area contributed by atoms with Gasteiger partial charge in [-0.05, 0) is 12.2 Å². The van der Waals surface area contributed by atoms with Gasteiger partial charge in [-0.1, -0.05) is 6.08 Å². The second-order valence-corrected chi connectivity index (χ2v) is 1.65. The van der Waals surface area contributed by atoms with Crippen molar-refractivity contribution in [2.45, 2.75) is 6.29 Å². The first kappa shape index (κ1) is 6.67. The van der Waals surface area contributed by atoms with Crippen molar-refractivity contribution in [2.24, 2.45) is 5.73 Å². The average molecular weight is 141 g/mol. The van der Waals surface area contributed by atoms with Crippen molar-refractivity contribution in [3.63, 3.8) is 0 Å². The van der Waals surface area contributed by atoms with Crippen LogP contribution in [0.15, 0.2) is 24.5 Å². The molecule has 1 rings (SSSR count). The Hall–Kier alpha value is -1.45. The van der Waals surface area contributed by atoms with E-state index < -0.39 is 12.4 Å². The molecule has 10 heavy (non-hydrogen) atoms. The van der Waals surface area contributed by atoms with E-state index >= 15 is 0 Å². The van der Waals surface area contributed by atoms with Crippen LogP contribution >= 0.6 is 0 Å². The van der Waals surface area contributed by atoms with E-state index in [0.717, 1.165) is 0 Å². The van der Waals surface area contributed by atoms with Crippen LogP contribution in [-0.2, 0) is 9.47 Å². The molecule has 1 unspecified atom stereocenters. The van der Waals surface area contributed by atoms with Crippen molar-refractivity contribution in [2.75, 3.05) is 0 Å². The van der Waals surface area contributed by atoms with E-state index in [-0.39, 0.29) is 0 Å². The predicted octanol–water partition coefficient (Wildman–Crippen LogP) is 0.508. The number of rotatable bonds is 1. The van der Waals surface area contributed by atoms with Crippen molar-refractivity contribution in [1.82, 2.24) is 0 Å². The Balaban J connectivity index is 2.37. The third-order valence-electron chi connectivity index (χ3n) is 0.903. The number of nitrogens with two attached hydrogens (primary N) is 1. The first-order valence-electron chi connectivity index (χ1n) is 2.74. The monoisotopic (exact) mass is 141 g/mol. The Morgan fingerprint density at radius 1 is 1.60 bits per heavy atom. The summed E-state index contributed by atoms with van der Waals surface area (Å²) in [5.74, 6) is 0. The maximum atomic E-state index is 10.1. The van der Waals surface area contributed by atoms with Gasteiger partial charge in [0.1, 0.15) is 0 Å². The molecule has 0 aromatic rings. The summed E-state index contributed by atoms with van der Waals surface area (Å²) >= 11 is 0. The van der Waals surface area contributed by atoms with Crippen LogP contribution in [-0.4, -0.2) is 12.4 Å². The summed E-state index contributed by atoms with van der Waals surface area (Å²) in [5, 5.41) is 0. The Labute approximate surface area is 57.9 Å². The first-order chi connectivity index (χ1) is 4.79. The molecule has 0 spiro atoms. The van der Waals surface area contributed by atoms with Crippen molar-refractivity contribution in [3.8, 4) is 0 Å². The first-order valence-corrected chi connectivity index (χ1v) is 2.74. The van der Waals surface area contributed by atoms with Crippen LogP contribution in [0.4, 0.5) is 4.79 Å². The van der Waals surface area contributed by atoms with Crippen molar-refractivity contribution in [3.05, 3.63) is 24.5 Å². The molecule has 4 heteroatoms. The highest BCUT2D eigenvalue weighted by Gasteiger charge is 2.07. The van der Waals surface area contributed by atoms with Crippen molar-refractivity contribution >= 4 is 6.09 Å². The van der Waals surface area contributed by atoms with Gasteiger partial charge in [-0.25, -0.2) is 4.79 Å². The van der Waals surface area contributed by atoms with Crippen molar-refractivity contribution in [1.29, 1.82) is 0 Å². The van der Waals surface area contributed by atoms with Gasteiger partial charge in [-0.3, -0.25) is 0 Å². The highest BCUT2D eigenvalue weighted by Crippen LogP contribution is 2.02. The molecular weight excluding hydrogens is 134 g/mol. The van der Waals surface area contributed by atoms with Crippen LogP contribution in [0.5, 0.6) is 0 Å². The van der Waals surface area contributed by atoms with E-state index in [1.54, 1.807) is 18.2 Å². The summed E-state index contributed by atoms with van der Waals surface area (Å²) in [6, 6.07) is 0. The minimum Gasteiger partial charge on any atom is -0.459 e. The third-order valence-corrected chi connectivity index (χ3v) is 0.903. The van der Waals surface area contributed by atoms with E-state index in [9.17, 15) is 4.79 Å². The van der Waals surface area contributed by atoms with Crippen LogP contribution in [0.2, 0.25) is 0 Å². The minimum atomic E-state index is -0.843. The molecule has 0 saturated heterocycles. The van der Waals surface area contributed by atoms with Crippen LogP contribution in [0.25, 0.3) is 0 Å². The maximum absolute atomic E-state index is 10.1. The second kappa shape index (κ2) is 2.91. The quantitative estimate of drug-likeness (QED) is 0.578. The zero-order chi connectivity index (χ0) is 7.40. The lowest BCUT2D eigenvalue weighted by atomic mass is 10.4. The highest BCUT2D eigenvalue weighted by molar-refractivity contribution is 5.64. The van der Waals surface area contributed by atoms with Gasteiger partial charge in [-0.2, -0.15) is 0 Å². The molecular formula is C6H7NO3. The Kier molecular flexibility index (Phi) is 1.94. The van der Waals surface area contributed by atoms with Gasteiger partial charge in [0, 0.05) is 0 Å². The number of amides is 1. The molecule has 54 valence electrons. The number of carbonyl (C=O) groups is 1. The lowest BCUT2D eigenvalue weighted by Gasteiger charge is -2.13. The molecule has 0 fully saturated rings. The molecule has 1 amide bonds. The van der Waals surface area contributed by atoms with Crippen LogP contribution in [0, 0.1) is 0 Å². The van der Waals surface area contributed by atoms with Gasteiger partial charge >= 0.3 is 6.09 Å². The van der Waals surface area contributed by atoms with Gasteiger partial charge < -0.3 is 15.2 Å². The molecule has 1 aliphatic heterocycles. The average Bonchev–Trinajstić information content (AvgIpc) is 1.88. The molecule has 0 aliphatic carbocycles.